The molecule has 0 radical (unpaired) electrons. The van der Waals surface area contributed by atoms with Crippen LogP contribution in [-0.4, -0.2) is 11.4 Å². The Labute approximate surface area is 117 Å². The third-order valence-electron chi connectivity index (χ3n) is 2.80. The van der Waals surface area contributed by atoms with E-state index in [1.807, 2.05) is 18.2 Å². The average Bonchev–Trinajstić information content (AvgIpc) is 2.74. The molecule has 1 aromatic carbocycles. The summed E-state index contributed by atoms with van der Waals surface area (Å²) in [7, 11) is 0. The molecule has 0 saturated heterocycles. The zero-order valence-electron chi connectivity index (χ0n) is 11.4. The fraction of sp³-hybridized carbons (Fsp3) is 0.333. The first-order chi connectivity index (χ1) is 9.00. The largest absolute Gasteiger partial charge is 0.305 e. The number of nitrogens with zero attached hydrogens (tertiary/aromatic N) is 1. The number of benzene rings is 1. The molecule has 2 rings (SSSR count). The number of carbonyl (C=O) groups excluding carboxylic acids is 1. The number of thiazole rings is 1. The van der Waals surface area contributed by atoms with E-state index in [-0.39, 0.29) is 5.41 Å². The number of carbonyl (C=O) groups is 1. The van der Waals surface area contributed by atoms with Crippen molar-refractivity contribution >= 4 is 22.9 Å². The van der Waals surface area contributed by atoms with Gasteiger partial charge in [0.1, 0.15) is 0 Å². The second kappa shape index (κ2) is 5.53. The predicted octanol–water partition coefficient (Wildman–Crippen LogP) is 3.60. The molecule has 2 aromatic rings. The van der Waals surface area contributed by atoms with Crippen LogP contribution in [0.25, 0.3) is 0 Å². The van der Waals surface area contributed by atoms with Crippen LogP contribution in [0.4, 0.5) is 5.13 Å². The van der Waals surface area contributed by atoms with Crippen molar-refractivity contribution in [3.63, 3.8) is 0 Å². The molecular weight excluding hydrogens is 256 g/mol. The lowest BCUT2D eigenvalue weighted by Gasteiger charge is -2.17. The molecule has 0 aliphatic carbocycles. The number of anilines is 1. The normalized spacial score (nSPS) is 11.3. The van der Waals surface area contributed by atoms with Gasteiger partial charge in [-0.1, -0.05) is 51.1 Å². The third-order valence-corrected chi connectivity index (χ3v) is 3.78. The highest BCUT2D eigenvalue weighted by molar-refractivity contribution is 7.15. The van der Waals surface area contributed by atoms with Crippen molar-refractivity contribution in [1.82, 2.24) is 4.98 Å². The molecule has 4 heteroatoms. The standard InChI is InChI=1S/C15H18N2OS/c1-15(2,3)13-12(19-14(17-13)16-10-18)9-11-7-5-4-6-8-11/h4-8,10H,9H2,1-3H3,(H,16,17,18). The Kier molecular flexibility index (Phi) is 4.00. The van der Waals surface area contributed by atoms with Crippen molar-refractivity contribution in [1.29, 1.82) is 0 Å². The highest BCUT2D eigenvalue weighted by Gasteiger charge is 2.23. The minimum atomic E-state index is -0.0244. The van der Waals surface area contributed by atoms with Crippen LogP contribution in [0.15, 0.2) is 30.3 Å². The minimum absolute atomic E-state index is 0.0244. The van der Waals surface area contributed by atoms with Gasteiger partial charge in [0, 0.05) is 16.7 Å². The summed E-state index contributed by atoms with van der Waals surface area (Å²) in [6.07, 6.45) is 1.53. The maximum absolute atomic E-state index is 10.6. The summed E-state index contributed by atoms with van der Waals surface area (Å²) < 4.78 is 0. The van der Waals surface area contributed by atoms with Gasteiger partial charge < -0.3 is 5.32 Å². The van der Waals surface area contributed by atoms with E-state index in [1.165, 1.54) is 10.4 Å². The van der Waals surface area contributed by atoms with Gasteiger partial charge in [0.25, 0.3) is 0 Å². The monoisotopic (exact) mass is 274 g/mol. The summed E-state index contributed by atoms with van der Waals surface area (Å²) in [6, 6.07) is 10.3. The van der Waals surface area contributed by atoms with Gasteiger partial charge in [-0.25, -0.2) is 4.98 Å². The highest BCUT2D eigenvalue weighted by Crippen LogP contribution is 2.33. The van der Waals surface area contributed by atoms with E-state index in [0.717, 1.165) is 12.1 Å². The molecule has 0 atom stereocenters. The summed E-state index contributed by atoms with van der Waals surface area (Å²) in [4.78, 5) is 16.3. The lowest BCUT2D eigenvalue weighted by Crippen LogP contribution is -2.14. The van der Waals surface area contributed by atoms with Crippen molar-refractivity contribution in [2.75, 3.05) is 5.32 Å². The molecule has 0 aliphatic rings. The molecule has 0 fully saturated rings. The van der Waals surface area contributed by atoms with Gasteiger partial charge >= 0.3 is 0 Å². The van der Waals surface area contributed by atoms with Gasteiger partial charge in [-0.05, 0) is 5.56 Å². The van der Waals surface area contributed by atoms with Crippen molar-refractivity contribution < 1.29 is 4.79 Å². The molecule has 1 amide bonds. The smallest absolute Gasteiger partial charge is 0.213 e. The Balaban J connectivity index is 2.35. The number of amides is 1. The van der Waals surface area contributed by atoms with Gasteiger partial charge in [-0.2, -0.15) is 0 Å². The van der Waals surface area contributed by atoms with E-state index in [2.05, 4.69) is 43.2 Å². The van der Waals surface area contributed by atoms with Crippen molar-refractivity contribution in [3.8, 4) is 0 Å². The second-order valence-corrected chi connectivity index (χ2v) is 6.55. The molecule has 0 saturated carbocycles. The molecule has 1 N–H and O–H groups in total. The summed E-state index contributed by atoms with van der Waals surface area (Å²) >= 11 is 1.55. The number of hydrogen-bond acceptors (Lipinski definition) is 3. The lowest BCUT2D eigenvalue weighted by atomic mass is 9.90. The van der Waals surface area contributed by atoms with E-state index >= 15 is 0 Å². The molecular formula is C15H18N2OS. The van der Waals surface area contributed by atoms with Crippen LogP contribution < -0.4 is 5.32 Å². The maximum Gasteiger partial charge on any atom is 0.213 e. The van der Waals surface area contributed by atoms with Crippen LogP contribution in [0.5, 0.6) is 0 Å². The van der Waals surface area contributed by atoms with Gasteiger partial charge in [-0.3, -0.25) is 4.79 Å². The molecule has 0 spiro atoms. The van der Waals surface area contributed by atoms with Crippen molar-refractivity contribution in [2.24, 2.45) is 0 Å². The van der Waals surface area contributed by atoms with Crippen LogP contribution in [0.3, 0.4) is 0 Å². The summed E-state index contributed by atoms with van der Waals surface area (Å²) in [5.74, 6) is 0. The minimum Gasteiger partial charge on any atom is -0.305 e. The Hall–Kier alpha value is -1.68. The third kappa shape index (κ3) is 3.41. The summed E-state index contributed by atoms with van der Waals surface area (Å²) in [6.45, 7) is 6.42. The van der Waals surface area contributed by atoms with Crippen LogP contribution >= 0.6 is 11.3 Å². The lowest BCUT2D eigenvalue weighted by molar-refractivity contribution is -0.105. The summed E-state index contributed by atoms with van der Waals surface area (Å²) in [5, 5.41) is 3.33. The van der Waals surface area contributed by atoms with E-state index in [4.69, 9.17) is 0 Å². The average molecular weight is 274 g/mol. The quantitative estimate of drug-likeness (QED) is 0.866. The van der Waals surface area contributed by atoms with Crippen LogP contribution in [-0.2, 0) is 16.6 Å². The highest BCUT2D eigenvalue weighted by atomic mass is 32.1. The Bertz CT molecular complexity index is 555. The molecule has 0 unspecified atom stereocenters. The van der Waals surface area contributed by atoms with Crippen molar-refractivity contribution in [2.45, 2.75) is 32.6 Å². The summed E-state index contributed by atoms with van der Waals surface area (Å²) in [5.41, 5.74) is 2.30. The Morgan fingerprint density at radius 2 is 1.95 bits per heavy atom. The van der Waals surface area contributed by atoms with Gasteiger partial charge in [0.15, 0.2) is 5.13 Å². The van der Waals surface area contributed by atoms with Gasteiger partial charge in [0.2, 0.25) is 6.41 Å². The number of aromatic nitrogens is 1. The predicted molar refractivity (Wildman–Crippen MR) is 79.7 cm³/mol. The molecule has 1 aromatic heterocycles. The molecule has 0 aliphatic heterocycles. The van der Waals surface area contributed by atoms with E-state index < -0.39 is 0 Å². The Morgan fingerprint density at radius 3 is 2.53 bits per heavy atom. The topological polar surface area (TPSA) is 42.0 Å². The molecule has 3 nitrogen and oxygen atoms in total. The fourth-order valence-electron chi connectivity index (χ4n) is 1.95. The maximum atomic E-state index is 10.6. The fourth-order valence-corrected chi connectivity index (χ4v) is 3.12. The van der Waals surface area contributed by atoms with Crippen LogP contribution in [0, 0.1) is 0 Å². The second-order valence-electron chi connectivity index (χ2n) is 5.47. The first-order valence-electron chi connectivity index (χ1n) is 6.25. The number of nitrogens with one attached hydrogen (secondary N) is 1. The first kappa shape index (κ1) is 13.7. The zero-order valence-corrected chi connectivity index (χ0v) is 12.3. The van der Waals surface area contributed by atoms with Gasteiger partial charge in [0.05, 0.1) is 5.69 Å². The zero-order chi connectivity index (χ0) is 13.9. The Morgan fingerprint density at radius 1 is 1.26 bits per heavy atom. The number of rotatable bonds is 4. The molecule has 19 heavy (non-hydrogen) atoms. The van der Waals surface area contributed by atoms with Crippen molar-refractivity contribution in [3.05, 3.63) is 46.5 Å². The number of hydrogen-bond donors (Lipinski definition) is 1. The van der Waals surface area contributed by atoms with Gasteiger partial charge in [-0.15, -0.1) is 11.3 Å². The van der Waals surface area contributed by atoms with E-state index in [0.29, 0.717) is 11.5 Å². The van der Waals surface area contributed by atoms with E-state index in [1.54, 1.807) is 11.3 Å². The molecule has 0 bridgehead atoms. The SMILES string of the molecule is CC(C)(C)c1nc(NC=O)sc1Cc1ccccc1. The van der Waals surface area contributed by atoms with Crippen LogP contribution in [0.2, 0.25) is 0 Å². The molecule has 1 heterocycles. The van der Waals surface area contributed by atoms with Crippen LogP contribution in [0.1, 0.15) is 36.9 Å². The first-order valence-corrected chi connectivity index (χ1v) is 7.06. The van der Waals surface area contributed by atoms with E-state index in [9.17, 15) is 4.79 Å². The molecule has 100 valence electrons.